The second-order valence-corrected chi connectivity index (χ2v) is 13.8. The van der Waals surface area contributed by atoms with Crippen LogP contribution >= 0.6 is 0 Å². The highest BCUT2D eigenvalue weighted by molar-refractivity contribution is 5.91. The zero-order valence-electron chi connectivity index (χ0n) is 30.5. The van der Waals surface area contributed by atoms with Gasteiger partial charge in [-0.3, -0.25) is 0 Å². The van der Waals surface area contributed by atoms with Crippen LogP contribution in [0.5, 0.6) is 0 Å². The van der Waals surface area contributed by atoms with Crippen molar-refractivity contribution in [3.63, 3.8) is 0 Å². The van der Waals surface area contributed by atoms with Crippen LogP contribution < -0.4 is 4.90 Å². The maximum Gasteiger partial charge on any atom is 0.0468 e. The Morgan fingerprint density at radius 3 is 1.05 bits per heavy atom. The van der Waals surface area contributed by atoms with Gasteiger partial charge in [-0.25, -0.2) is 0 Å². The predicted molar refractivity (Wildman–Crippen MR) is 234 cm³/mol. The summed E-state index contributed by atoms with van der Waals surface area (Å²) in [4.78, 5) is 2.38. The van der Waals surface area contributed by atoms with Gasteiger partial charge in [-0.2, -0.15) is 0 Å². The zero-order chi connectivity index (χ0) is 36.8. The van der Waals surface area contributed by atoms with Crippen LogP contribution in [0.3, 0.4) is 0 Å². The van der Waals surface area contributed by atoms with Gasteiger partial charge in [0.25, 0.3) is 0 Å². The summed E-state index contributed by atoms with van der Waals surface area (Å²) < 4.78 is 0. The minimum absolute atomic E-state index is 1.09. The zero-order valence-corrected chi connectivity index (χ0v) is 30.5. The Morgan fingerprint density at radius 1 is 0.182 bits per heavy atom. The minimum Gasteiger partial charge on any atom is -0.310 e. The van der Waals surface area contributed by atoms with E-state index in [4.69, 9.17) is 0 Å². The summed E-state index contributed by atoms with van der Waals surface area (Å²) in [6.07, 6.45) is 0. The van der Waals surface area contributed by atoms with E-state index >= 15 is 0 Å². The van der Waals surface area contributed by atoms with Crippen LogP contribution in [-0.4, -0.2) is 0 Å². The summed E-state index contributed by atoms with van der Waals surface area (Å²) in [7, 11) is 0. The molecule has 0 bridgehead atoms. The molecule has 55 heavy (non-hydrogen) atoms. The molecule has 0 radical (unpaired) electrons. The smallest absolute Gasteiger partial charge is 0.0468 e. The van der Waals surface area contributed by atoms with Gasteiger partial charge in [-0.05, 0) is 109 Å². The van der Waals surface area contributed by atoms with E-state index < -0.39 is 0 Å². The largest absolute Gasteiger partial charge is 0.310 e. The summed E-state index contributed by atoms with van der Waals surface area (Å²) in [6, 6.07) is 85.0. The molecule has 0 aliphatic heterocycles. The Bertz CT molecular complexity index is 2650. The van der Waals surface area contributed by atoms with Gasteiger partial charge in [-0.15, -0.1) is 0 Å². The lowest BCUT2D eigenvalue weighted by molar-refractivity contribution is 1.28. The summed E-state index contributed by atoms with van der Waals surface area (Å²) in [5.41, 5.74) is 17.6. The highest BCUT2D eigenvalue weighted by atomic mass is 15.1. The van der Waals surface area contributed by atoms with Crippen molar-refractivity contribution in [2.75, 3.05) is 4.90 Å². The van der Waals surface area contributed by atoms with Crippen molar-refractivity contribution in [2.24, 2.45) is 0 Å². The summed E-state index contributed by atoms with van der Waals surface area (Å²) in [6.45, 7) is 0. The third kappa shape index (κ3) is 7.12. The molecule has 0 aliphatic rings. The van der Waals surface area contributed by atoms with Crippen molar-refractivity contribution in [3.05, 3.63) is 237 Å². The molecule has 9 aromatic rings. The Kier molecular flexibility index (Phi) is 9.41. The van der Waals surface area contributed by atoms with Crippen molar-refractivity contribution in [1.29, 1.82) is 0 Å². The lowest BCUT2D eigenvalue weighted by atomic mass is 9.91. The minimum atomic E-state index is 1.09. The van der Waals surface area contributed by atoms with E-state index in [2.05, 4.69) is 241 Å². The van der Waals surface area contributed by atoms with E-state index in [-0.39, 0.29) is 0 Å². The first-order valence-corrected chi connectivity index (χ1v) is 18.8. The van der Waals surface area contributed by atoms with Gasteiger partial charge in [0.2, 0.25) is 0 Å². The van der Waals surface area contributed by atoms with Gasteiger partial charge in [0, 0.05) is 17.1 Å². The number of rotatable bonds is 9. The van der Waals surface area contributed by atoms with Crippen molar-refractivity contribution in [3.8, 4) is 66.8 Å². The lowest BCUT2D eigenvalue weighted by Crippen LogP contribution is -2.10. The summed E-state index contributed by atoms with van der Waals surface area (Å²) >= 11 is 0. The van der Waals surface area contributed by atoms with E-state index in [1.165, 1.54) is 61.2 Å². The molecule has 9 rings (SSSR count). The average Bonchev–Trinajstić information content (AvgIpc) is 3.28. The topological polar surface area (TPSA) is 3.24 Å². The second kappa shape index (κ2) is 15.4. The number of anilines is 3. The SMILES string of the molecule is c1ccc(-c2ccc(N(c3cccc(-c4ccc(-c5ccccc5)c(-c5ccccc5)c4)c3)c3ccc(-c4ccccc4)c(-c4ccccc4)c3)cc2)cc1. The van der Waals surface area contributed by atoms with Gasteiger partial charge in [0.05, 0.1) is 0 Å². The molecule has 0 aromatic heterocycles. The molecule has 0 N–H and O–H groups in total. The Balaban J connectivity index is 1.20. The molecule has 0 unspecified atom stereocenters. The molecule has 0 saturated carbocycles. The van der Waals surface area contributed by atoms with Crippen LogP contribution in [0.4, 0.5) is 17.1 Å². The molecule has 0 atom stereocenters. The molecule has 260 valence electrons. The van der Waals surface area contributed by atoms with Gasteiger partial charge < -0.3 is 4.90 Å². The van der Waals surface area contributed by atoms with Gasteiger partial charge >= 0.3 is 0 Å². The number of benzene rings is 9. The second-order valence-electron chi connectivity index (χ2n) is 13.8. The molecule has 9 aromatic carbocycles. The van der Waals surface area contributed by atoms with Crippen molar-refractivity contribution < 1.29 is 0 Å². The van der Waals surface area contributed by atoms with Crippen LogP contribution in [0.1, 0.15) is 0 Å². The molecule has 1 nitrogen and oxygen atoms in total. The highest BCUT2D eigenvalue weighted by Crippen LogP contribution is 2.43. The fourth-order valence-corrected chi connectivity index (χ4v) is 7.55. The van der Waals surface area contributed by atoms with Crippen molar-refractivity contribution >= 4 is 17.1 Å². The first kappa shape index (κ1) is 33.6. The van der Waals surface area contributed by atoms with Gasteiger partial charge in [0.15, 0.2) is 0 Å². The van der Waals surface area contributed by atoms with Gasteiger partial charge in [-0.1, -0.05) is 194 Å². The molecule has 0 aliphatic carbocycles. The molecule has 1 heteroatoms. The molecule has 0 amide bonds. The maximum absolute atomic E-state index is 2.38. The van der Waals surface area contributed by atoms with E-state index in [0.29, 0.717) is 0 Å². The molecule has 0 spiro atoms. The van der Waals surface area contributed by atoms with E-state index in [1.807, 2.05) is 0 Å². The Hall–Kier alpha value is -7.22. The van der Waals surface area contributed by atoms with Crippen LogP contribution in [0.25, 0.3) is 66.8 Å². The number of nitrogens with zero attached hydrogens (tertiary/aromatic N) is 1. The van der Waals surface area contributed by atoms with Gasteiger partial charge in [0.1, 0.15) is 0 Å². The normalized spacial score (nSPS) is 10.9. The van der Waals surface area contributed by atoms with Crippen molar-refractivity contribution in [1.82, 2.24) is 0 Å². The standard InChI is InChI=1S/C54H39N/c1-6-17-40(18-7-1)41-29-32-48(33-30-41)55(50-34-36-52(43-21-10-3-11-22-43)54(39-50)45-25-14-5-15-26-45)49-28-16-27-46(37-49)47-31-35-51(42-19-8-2-9-20-42)53(38-47)44-23-12-4-13-24-44/h1-39H. The molecule has 0 saturated heterocycles. The van der Waals surface area contributed by atoms with Crippen LogP contribution in [0, 0.1) is 0 Å². The average molecular weight is 702 g/mol. The summed E-state index contributed by atoms with van der Waals surface area (Å²) in [5.74, 6) is 0. The number of hydrogen-bond donors (Lipinski definition) is 0. The van der Waals surface area contributed by atoms with Crippen LogP contribution in [-0.2, 0) is 0 Å². The molecular formula is C54H39N. The maximum atomic E-state index is 2.38. The van der Waals surface area contributed by atoms with Crippen LogP contribution in [0.2, 0.25) is 0 Å². The highest BCUT2D eigenvalue weighted by Gasteiger charge is 2.18. The molecule has 0 fully saturated rings. The molecular weight excluding hydrogens is 663 g/mol. The van der Waals surface area contributed by atoms with Crippen LogP contribution in [0.15, 0.2) is 237 Å². The number of hydrogen-bond acceptors (Lipinski definition) is 1. The third-order valence-electron chi connectivity index (χ3n) is 10.3. The monoisotopic (exact) mass is 701 g/mol. The first-order chi connectivity index (χ1) is 27.3. The predicted octanol–water partition coefficient (Wildman–Crippen LogP) is 15.2. The molecule has 0 heterocycles. The third-order valence-corrected chi connectivity index (χ3v) is 10.3. The lowest BCUT2D eigenvalue weighted by Gasteiger charge is -2.27. The Labute approximate surface area is 324 Å². The van der Waals surface area contributed by atoms with E-state index in [9.17, 15) is 0 Å². The summed E-state index contributed by atoms with van der Waals surface area (Å²) in [5, 5.41) is 0. The Morgan fingerprint density at radius 2 is 0.527 bits per heavy atom. The fraction of sp³-hybridized carbons (Fsp3) is 0. The van der Waals surface area contributed by atoms with E-state index in [1.54, 1.807) is 0 Å². The van der Waals surface area contributed by atoms with Crippen molar-refractivity contribution in [2.45, 2.75) is 0 Å². The fourth-order valence-electron chi connectivity index (χ4n) is 7.55. The quantitative estimate of drug-likeness (QED) is 0.145. The van der Waals surface area contributed by atoms with E-state index in [0.717, 1.165) is 22.6 Å². The first-order valence-electron chi connectivity index (χ1n) is 18.8.